The van der Waals surface area contributed by atoms with Crippen LogP contribution in [0.4, 0.5) is 0 Å². The van der Waals surface area contributed by atoms with E-state index < -0.39 is 0 Å². The standard InChI is InChI=1S/C10H13BrOS/c1-2-6-7(5-9(6)12)10-8(11)3-4-13-10/h3-4,6-7,9,12H,2,5H2,1H3. The van der Waals surface area contributed by atoms with Gasteiger partial charge in [0.05, 0.1) is 6.10 Å². The van der Waals surface area contributed by atoms with Crippen molar-refractivity contribution in [1.29, 1.82) is 0 Å². The Hall–Kier alpha value is 0.140. The summed E-state index contributed by atoms with van der Waals surface area (Å²) in [5.74, 6) is 1.07. The second kappa shape index (κ2) is 3.71. The Kier molecular flexibility index (Phi) is 2.77. The zero-order valence-electron chi connectivity index (χ0n) is 7.53. The molecule has 1 aromatic heterocycles. The molecular weight excluding hydrogens is 248 g/mol. The van der Waals surface area contributed by atoms with E-state index in [4.69, 9.17) is 0 Å². The van der Waals surface area contributed by atoms with Gasteiger partial charge in [0.15, 0.2) is 0 Å². The van der Waals surface area contributed by atoms with Crippen LogP contribution in [0.3, 0.4) is 0 Å². The highest BCUT2D eigenvalue weighted by Gasteiger charge is 2.40. The number of rotatable bonds is 2. The van der Waals surface area contributed by atoms with Gasteiger partial charge in [-0.05, 0) is 39.7 Å². The number of aliphatic hydroxyl groups excluding tert-OH is 1. The van der Waals surface area contributed by atoms with Crippen LogP contribution in [0.15, 0.2) is 15.9 Å². The maximum atomic E-state index is 9.56. The normalized spacial score (nSPS) is 33.0. The van der Waals surface area contributed by atoms with E-state index in [0.717, 1.165) is 12.8 Å². The number of hydrogen-bond donors (Lipinski definition) is 1. The molecule has 1 N–H and O–H groups in total. The van der Waals surface area contributed by atoms with Crippen molar-refractivity contribution in [1.82, 2.24) is 0 Å². The molecule has 0 radical (unpaired) electrons. The topological polar surface area (TPSA) is 20.2 Å². The van der Waals surface area contributed by atoms with Crippen molar-refractivity contribution in [2.24, 2.45) is 5.92 Å². The van der Waals surface area contributed by atoms with Crippen LogP contribution in [-0.4, -0.2) is 11.2 Å². The van der Waals surface area contributed by atoms with Crippen LogP contribution in [0.25, 0.3) is 0 Å². The maximum absolute atomic E-state index is 9.56. The van der Waals surface area contributed by atoms with Crippen LogP contribution in [0.5, 0.6) is 0 Å². The first-order valence-electron chi connectivity index (χ1n) is 4.65. The van der Waals surface area contributed by atoms with Gasteiger partial charge in [0.25, 0.3) is 0 Å². The molecule has 1 heterocycles. The minimum Gasteiger partial charge on any atom is -0.393 e. The van der Waals surface area contributed by atoms with Gasteiger partial charge in [-0.25, -0.2) is 0 Å². The van der Waals surface area contributed by atoms with Gasteiger partial charge in [0.2, 0.25) is 0 Å². The van der Waals surface area contributed by atoms with Gasteiger partial charge in [-0.1, -0.05) is 13.3 Å². The summed E-state index contributed by atoms with van der Waals surface area (Å²) in [5.41, 5.74) is 0. The third-order valence-electron chi connectivity index (χ3n) is 2.96. The lowest BCUT2D eigenvalue weighted by Gasteiger charge is -2.41. The minimum absolute atomic E-state index is 0.0657. The molecule has 0 aliphatic heterocycles. The van der Waals surface area contributed by atoms with Crippen LogP contribution in [-0.2, 0) is 0 Å². The van der Waals surface area contributed by atoms with Crippen molar-refractivity contribution in [2.45, 2.75) is 31.8 Å². The summed E-state index contributed by atoms with van der Waals surface area (Å²) in [7, 11) is 0. The fraction of sp³-hybridized carbons (Fsp3) is 0.600. The third-order valence-corrected chi connectivity index (χ3v) is 4.96. The van der Waals surface area contributed by atoms with Crippen molar-refractivity contribution in [3.63, 3.8) is 0 Å². The van der Waals surface area contributed by atoms with Gasteiger partial charge in [-0.2, -0.15) is 0 Å². The molecule has 0 amide bonds. The second-order valence-electron chi connectivity index (χ2n) is 3.61. The van der Waals surface area contributed by atoms with E-state index in [1.165, 1.54) is 9.35 Å². The lowest BCUT2D eigenvalue weighted by molar-refractivity contribution is 0.000281. The average Bonchev–Trinajstić information content (AvgIpc) is 2.48. The molecule has 0 saturated heterocycles. The highest BCUT2D eigenvalue weighted by atomic mass is 79.9. The van der Waals surface area contributed by atoms with Crippen molar-refractivity contribution < 1.29 is 5.11 Å². The monoisotopic (exact) mass is 260 g/mol. The quantitative estimate of drug-likeness (QED) is 0.865. The Morgan fingerprint density at radius 1 is 1.69 bits per heavy atom. The zero-order chi connectivity index (χ0) is 9.42. The van der Waals surface area contributed by atoms with E-state index in [-0.39, 0.29) is 6.10 Å². The predicted octanol–water partition coefficient (Wildman–Crippen LogP) is 3.39. The number of thiophene rings is 1. The van der Waals surface area contributed by atoms with Gasteiger partial charge in [-0.3, -0.25) is 0 Å². The van der Waals surface area contributed by atoms with E-state index in [2.05, 4.69) is 34.3 Å². The van der Waals surface area contributed by atoms with E-state index >= 15 is 0 Å². The molecule has 3 atom stereocenters. The number of halogens is 1. The molecule has 0 aromatic carbocycles. The minimum atomic E-state index is -0.0657. The van der Waals surface area contributed by atoms with Crippen molar-refractivity contribution in [3.05, 3.63) is 20.8 Å². The second-order valence-corrected chi connectivity index (χ2v) is 5.42. The van der Waals surface area contributed by atoms with Gasteiger partial charge >= 0.3 is 0 Å². The molecule has 0 bridgehead atoms. The van der Waals surface area contributed by atoms with Crippen molar-refractivity contribution in [2.75, 3.05) is 0 Å². The first-order valence-corrected chi connectivity index (χ1v) is 6.32. The first-order chi connectivity index (χ1) is 6.24. The Balaban J connectivity index is 2.15. The molecule has 1 saturated carbocycles. The lowest BCUT2D eigenvalue weighted by Crippen LogP contribution is -2.38. The summed E-state index contributed by atoms with van der Waals surface area (Å²) < 4.78 is 1.22. The molecule has 72 valence electrons. The third kappa shape index (κ3) is 1.58. The molecule has 1 aliphatic rings. The molecule has 1 fully saturated rings. The molecule has 2 rings (SSSR count). The van der Waals surface area contributed by atoms with E-state index in [0.29, 0.717) is 11.8 Å². The summed E-state index contributed by atoms with van der Waals surface area (Å²) in [4.78, 5) is 1.41. The highest BCUT2D eigenvalue weighted by Crippen LogP contribution is 2.48. The Morgan fingerprint density at radius 2 is 2.46 bits per heavy atom. The Bertz CT molecular complexity index is 297. The van der Waals surface area contributed by atoms with Gasteiger partial charge in [-0.15, -0.1) is 11.3 Å². The summed E-state index contributed by atoms with van der Waals surface area (Å²) >= 11 is 5.34. The molecule has 1 aliphatic carbocycles. The smallest absolute Gasteiger partial charge is 0.0580 e. The molecule has 0 spiro atoms. The van der Waals surface area contributed by atoms with Gasteiger partial charge < -0.3 is 5.11 Å². The summed E-state index contributed by atoms with van der Waals surface area (Å²) in [6.07, 6.45) is 1.96. The Labute approximate surface area is 90.9 Å². The summed E-state index contributed by atoms with van der Waals surface area (Å²) in [6, 6.07) is 2.09. The van der Waals surface area contributed by atoms with Gasteiger partial charge in [0, 0.05) is 15.3 Å². The fourth-order valence-corrected chi connectivity index (χ4v) is 3.97. The predicted molar refractivity (Wildman–Crippen MR) is 59.2 cm³/mol. The largest absolute Gasteiger partial charge is 0.393 e. The molecule has 1 aromatic rings. The van der Waals surface area contributed by atoms with Crippen LogP contribution >= 0.6 is 27.3 Å². The first kappa shape index (κ1) is 9.69. The lowest BCUT2D eigenvalue weighted by atomic mass is 9.69. The average molecular weight is 261 g/mol. The molecule has 3 unspecified atom stereocenters. The zero-order valence-corrected chi connectivity index (χ0v) is 9.94. The summed E-state index contributed by atoms with van der Waals surface area (Å²) in [6.45, 7) is 2.15. The van der Waals surface area contributed by atoms with E-state index in [1.54, 1.807) is 11.3 Å². The fourth-order valence-electron chi connectivity index (χ4n) is 2.11. The SMILES string of the molecule is CCC1C(O)CC1c1sccc1Br. The van der Waals surface area contributed by atoms with Crippen LogP contribution in [0, 0.1) is 5.92 Å². The van der Waals surface area contributed by atoms with Gasteiger partial charge in [0.1, 0.15) is 0 Å². The number of aliphatic hydroxyl groups is 1. The number of hydrogen-bond acceptors (Lipinski definition) is 2. The maximum Gasteiger partial charge on any atom is 0.0580 e. The molecule has 3 heteroatoms. The molecular formula is C10H13BrOS. The van der Waals surface area contributed by atoms with Crippen LogP contribution in [0.1, 0.15) is 30.6 Å². The van der Waals surface area contributed by atoms with E-state index in [1.807, 2.05) is 0 Å². The Morgan fingerprint density at radius 3 is 2.92 bits per heavy atom. The molecule has 13 heavy (non-hydrogen) atoms. The van der Waals surface area contributed by atoms with Crippen molar-refractivity contribution in [3.8, 4) is 0 Å². The van der Waals surface area contributed by atoms with E-state index in [9.17, 15) is 5.11 Å². The van der Waals surface area contributed by atoms with Crippen LogP contribution in [0.2, 0.25) is 0 Å². The summed E-state index contributed by atoms with van der Waals surface area (Å²) in [5, 5.41) is 11.7. The molecule has 1 nitrogen and oxygen atoms in total. The highest BCUT2D eigenvalue weighted by molar-refractivity contribution is 9.10. The van der Waals surface area contributed by atoms with Crippen molar-refractivity contribution >= 4 is 27.3 Å². The van der Waals surface area contributed by atoms with Crippen LogP contribution < -0.4 is 0 Å².